The van der Waals surface area contributed by atoms with Crippen molar-refractivity contribution in [2.75, 3.05) is 11.9 Å². The number of amides is 1. The van der Waals surface area contributed by atoms with Crippen molar-refractivity contribution in [3.05, 3.63) is 30.3 Å². The van der Waals surface area contributed by atoms with E-state index in [-0.39, 0.29) is 24.1 Å². The van der Waals surface area contributed by atoms with E-state index in [4.69, 9.17) is 5.73 Å². The minimum atomic E-state index is -0.526. The number of tetrazole rings is 1. The van der Waals surface area contributed by atoms with Gasteiger partial charge in [0.25, 0.3) is 0 Å². The number of hydrogen-bond donors (Lipinski definition) is 2. The van der Waals surface area contributed by atoms with Crippen LogP contribution >= 0.6 is 0 Å². The zero-order valence-corrected chi connectivity index (χ0v) is 11.0. The molecule has 0 fully saturated rings. The summed E-state index contributed by atoms with van der Waals surface area (Å²) in [6, 6.07) is 4.23. The molecular weight excluding hydrogens is 263 g/mol. The zero-order chi connectivity index (χ0) is 14.5. The van der Waals surface area contributed by atoms with E-state index in [0.717, 1.165) is 0 Å². The van der Waals surface area contributed by atoms with Crippen molar-refractivity contribution < 1.29 is 9.18 Å². The Morgan fingerprint density at radius 2 is 2.35 bits per heavy atom. The minimum absolute atomic E-state index is 0.0786. The predicted octanol–water partition coefficient (Wildman–Crippen LogP) is 0.725. The first-order valence-corrected chi connectivity index (χ1v) is 6.19. The largest absolute Gasteiger partial charge is 0.330 e. The highest BCUT2D eigenvalue weighted by atomic mass is 19.1. The van der Waals surface area contributed by atoms with Crippen molar-refractivity contribution in [2.24, 2.45) is 11.7 Å². The summed E-state index contributed by atoms with van der Waals surface area (Å²) in [7, 11) is 0. The van der Waals surface area contributed by atoms with Gasteiger partial charge in [0.1, 0.15) is 12.1 Å². The molecule has 0 saturated heterocycles. The van der Waals surface area contributed by atoms with Crippen LogP contribution in [0.5, 0.6) is 0 Å². The van der Waals surface area contributed by atoms with Crippen LogP contribution in [0.15, 0.2) is 24.5 Å². The molecule has 0 radical (unpaired) electrons. The summed E-state index contributed by atoms with van der Waals surface area (Å²) in [5, 5.41) is 13.2. The van der Waals surface area contributed by atoms with Gasteiger partial charge in [0.15, 0.2) is 0 Å². The first-order valence-electron chi connectivity index (χ1n) is 6.19. The van der Waals surface area contributed by atoms with Crippen LogP contribution in [-0.2, 0) is 4.79 Å². The van der Waals surface area contributed by atoms with Gasteiger partial charge >= 0.3 is 0 Å². The van der Waals surface area contributed by atoms with Crippen LogP contribution in [0.3, 0.4) is 0 Å². The maximum atomic E-state index is 13.7. The Bertz CT molecular complexity index is 582. The molecule has 0 aliphatic rings. The molecule has 7 nitrogen and oxygen atoms in total. The summed E-state index contributed by atoms with van der Waals surface area (Å²) in [5.74, 6) is -1.17. The molecule has 3 N–H and O–H groups in total. The molecule has 0 aliphatic heterocycles. The van der Waals surface area contributed by atoms with Gasteiger partial charge < -0.3 is 11.1 Å². The second-order valence-corrected chi connectivity index (χ2v) is 4.25. The van der Waals surface area contributed by atoms with E-state index in [1.54, 1.807) is 0 Å². The monoisotopic (exact) mass is 278 g/mol. The molecular formula is C12H15FN6O. The van der Waals surface area contributed by atoms with Gasteiger partial charge in [-0.2, -0.15) is 0 Å². The Morgan fingerprint density at radius 1 is 1.55 bits per heavy atom. The number of benzene rings is 1. The van der Waals surface area contributed by atoms with Gasteiger partial charge in [0.2, 0.25) is 5.91 Å². The third-order valence-corrected chi connectivity index (χ3v) is 2.97. The van der Waals surface area contributed by atoms with Gasteiger partial charge in [-0.05, 0) is 35.0 Å². The molecule has 20 heavy (non-hydrogen) atoms. The third-order valence-electron chi connectivity index (χ3n) is 2.97. The molecule has 2 aromatic rings. The molecule has 2 rings (SSSR count). The zero-order valence-electron chi connectivity index (χ0n) is 11.0. The smallest absolute Gasteiger partial charge is 0.228 e. The van der Waals surface area contributed by atoms with E-state index in [2.05, 4.69) is 20.8 Å². The quantitative estimate of drug-likeness (QED) is 0.839. The molecule has 1 aromatic heterocycles. The number of rotatable bonds is 5. The molecule has 1 atom stereocenters. The Hall–Kier alpha value is -2.35. The average Bonchev–Trinajstić information content (AvgIpc) is 2.96. The molecule has 0 aliphatic carbocycles. The fourth-order valence-electron chi connectivity index (χ4n) is 1.73. The highest BCUT2D eigenvalue weighted by Crippen LogP contribution is 2.19. The lowest BCUT2D eigenvalue weighted by atomic mass is 10.1. The SMILES string of the molecule is CCC(CN)C(=O)Nc1cc(-n2cnnn2)ccc1F. The van der Waals surface area contributed by atoms with Crippen molar-refractivity contribution in [3.8, 4) is 5.69 Å². The van der Waals surface area contributed by atoms with Crippen LogP contribution in [0.1, 0.15) is 13.3 Å². The number of nitrogens with one attached hydrogen (secondary N) is 1. The Morgan fingerprint density at radius 3 is 2.95 bits per heavy atom. The number of hydrogen-bond acceptors (Lipinski definition) is 5. The molecule has 0 saturated carbocycles. The van der Waals surface area contributed by atoms with Gasteiger partial charge in [0, 0.05) is 6.54 Å². The first kappa shape index (κ1) is 14.1. The topological polar surface area (TPSA) is 98.7 Å². The van der Waals surface area contributed by atoms with E-state index in [0.29, 0.717) is 12.1 Å². The highest BCUT2D eigenvalue weighted by molar-refractivity contribution is 5.93. The number of anilines is 1. The standard InChI is InChI=1S/C12H15FN6O/c1-2-8(6-14)12(20)16-11-5-9(3-4-10(11)13)19-7-15-17-18-19/h3-5,7-8H,2,6,14H2,1H3,(H,16,20). The number of aromatic nitrogens is 4. The highest BCUT2D eigenvalue weighted by Gasteiger charge is 2.16. The van der Waals surface area contributed by atoms with Crippen LogP contribution in [0.25, 0.3) is 5.69 Å². The summed E-state index contributed by atoms with van der Waals surface area (Å²) in [4.78, 5) is 11.9. The Balaban J connectivity index is 2.23. The van der Waals surface area contributed by atoms with Crippen LogP contribution in [0.2, 0.25) is 0 Å². The van der Waals surface area contributed by atoms with Crippen molar-refractivity contribution in [1.29, 1.82) is 0 Å². The molecule has 8 heteroatoms. The molecule has 0 spiro atoms. The lowest BCUT2D eigenvalue weighted by Crippen LogP contribution is -2.29. The summed E-state index contributed by atoms with van der Waals surface area (Å²) in [6.07, 6.45) is 1.98. The fraction of sp³-hybridized carbons (Fsp3) is 0.333. The summed E-state index contributed by atoms with van der Waals surface area (Å²) < 4.78 is 15.1. The van der Waals surface area contributed by atoms with Gasteiger partial charge in [0.05, 0.1) is 17.3 Å². The Kier molecular flexibility index (Phi) is 4.36. The molecule has 1 aromatic carbocycles. The maximum absolute atomic E-state index is 13.7. The Labute approximate surface area is 115 Å². The lowest BCUT2D eigenvalue weighted by Gasteiger charge is -2.13. The molecule has 1 amide bonds. The van der Waals surface area contributed by atoms with Gasteiger partial charge in [-0.25, -0.2) is 9.07 Å². The van der Waals surface area contributed by atoms with Crippen LogP contribution < -0.4 is 11.1 Å². The molecule has 1 unspecified atom stereocenters. The van der Waals surface area contributed by atoms with Crippen molar-refractivity contribution in [3.63, 3.8) is 0 Å². The summed E-state index contributed by atoms with van der Waals surface area (Å²) in [6.45, 7) is 2.07. The first-order chi connectivity index (χ1) is 9.65. The van der Waals surface area contributed by atoms with E-state index in [1.807, 2.05) is 6.92 Å². The lowest BCUT2D eigenvalue weighted by molar-refractivity contribution is -0.119. The number of nitrogens with two attached hydrogens (primary N) is 1. The van der Waals surface area contributed by atoms with Crippen molar-refractivity contribution in [2.45, 2.75) is 13.3 Å². The van der Waals surface area contributed by atoms with Gasteiger partial charge in [-0.15, -0.1) is 5.10 Å². The normalized spacial score (nSPS) is 12.2. The van der Waals surface area contributed by atoms with E-state index in [1.165, 1.54) is 29.2 Å². The minimum Gasteiger partial charge on any atom is -0.330 e. The van der Waals surface area contributed by atoms with E-state index in [9.17, 15) is 9.18 Å². The number of carbonyl (C=O) groups excluding carboxylic acids is 1. The number of carbonyl (C=O) groups is 1. The second kappa shape index (κ2) is 6.20. The molecule has 1 heterocycles. The molecule has 0 bridgehead atoms. The van der Waals surface area contributed by atoms with Gasteiger partial charge in [-0.3, -0.25) is 4.79 Å². The van der Waals surface area contributed by atoms with Gasteiger partial charge in [-0.1, -0.05) is 6.92 Å². The maximum Gasteiger partial charge on any atom is 0.228 e. The fourth-order valence-corrected chi connectivity index (χ4v) is 1.73. The van der Waals surface area contributed by atoms with Crippen molar-refractivity contribution >= 4 is 11.6 Å². The van der Waals surface area contributed by atoms with E-state index >= 15 is 0 Å². The number of halogens is 1. The second-order valence-electron chi connectivity index (χ2n) is 4.25. The van der Waals surface area contributed by atoms with Crippen LogP contribution in [-0.4, -0.2) is 32.7 Å². The molecule has 106 valence electrons. The van der Waals surface area contributed by atoms with Crippen LogP contribution in [0, 0.1) is 11.7 Å². The summed E-state index contributed by atoms with van der Waals surface area (Å²) in [5.41, 5.74) is 6.12. The average molecular weight is 278 g/mol. The van der Waals surface area contributed by atoms with E-state index < -0.39 is 5.82 Å². The van der Waals surface area contributed by atoms with Crippen molar-refractivity contribution in [1.82, 2.24) is 20.2 Å². The van der Waals surface area contributed by atoms with Crippen LogP contribution in [0.4, 0.5) is 10.1 Å². The summed E-state index contributed by atoms with van der Waals surface area (Å²) >= 11 is 0. The third kappa shape index (κ3) is 2.97. The number of nitrogens with zero attached hydrogens (tertiary/aromatic N) is 4. The predicted molar refractivity (Wildman–Crippen MR) is 70.6 cm³/mol.